The molecule has 0 saturated heterocycles. The third-order valence-electron chi connectivity index (χ3n) is 4.69. The van der Waals surface area contributed by atoms with Gasteiger partial charge in [-0.3, -0.25) is 9.36 Å². The molecule has 1 aromatic carbocycles. The lowest BCUT2D eigenvalue weighted by Gasteiger charge is -2.17. The number of aryl methyl sites for hydroxylation is 1. The lowest BCUT2D eigenvalue weighted by Crippen LogP contribution is -2.24. The topological polar surface area (TPSA) is 59.8 Å². The van der Waals surface area contributed by atoms with Crippen LogP contribution in [-0.2, 0) is 0 Å². The Morgan fingerprint density at radius 2 is 1.79 bits per heavy atom. The second-order valence-electron chi connectivity index (χ2n) is 6.34. The van der Waals surface area contributed by atoms with E-state index in [0.717, 1.165) is 35.3 Å². The predicted molar refractivity (Wildman–Crippen MR) is 95.8 cm³/mol. The average molecular weight is 320 g/mol. The van der Waals surface area contributed by atoms with Crippen molar-refractivity contribution >= 4 is 22.7 Å². The molecule has 5 nitrogen and oxygen atoms in total. The number of anilines is 2. The van der Waals surface area contributed by atoms with Gasteiger partial charge in [-0.25, -0.2) is 4.98 Å². The van der Waals surface area contributed by atoms with Crippen LogP contribution in [0.15, 0.2) is 47.3 Å². The van der Waals surface area contributed by atoms with Crippen LogP contribution in [0.4, 0.5) is 11.6 Å². The molecule has 122 valence electrons. The molecule has 0 radical (unpaired) electrons. The van der Waals surface area contributed by atoms with Crippen molar-refractivity contribution in [1.82, 2.24) is 14.5 Å². The fraction of sp³-hybridized carbons (Fsp3) is 0.316. The number of hydrogen-bond acceptors (Lipinski definition) is 4. The Kier molecular flexibility index (Phi) is 3.76. The first-order valence-electron chi connectivity index (χ1n) is 8.44. The second kappa shape index (κ2) is 6.07. The molecule has 0 aliphatic heterocycles. The quantitative estimate of drug-likeness (QED) is 0.793. The number of rotatable bonds is 3. The first-order chi connectivity index (χ1) is 11.7. The maximum atomic E-state index is 12.5. The molecule has 1 saturated carbocycles. The van der Waals surface area contributed by atoms with Gasteiger partial charge in [-0.05, 0) is 38.0 Å². The van der Waals surface area contributed by atoms with E-state index in [0.29, 0.717) is 5.95 Å². The van der Waals surface area contributed by atoms with Gasteiger partial charge >= 0.3 is 0 Å². The van der Waals surface area contributed by atoms with Crippen LogP contribution < -0.4 is 10.9 Å². The first-order valence-corrected chi connectivity index (χ1v) is 8.44. The van der Waals surface area contributed by atoms with Crippen LogP contribution in [0.5, 0.6) is 0 Å². The minimum atomic E-state index is 0.0261. The lowest BCUT2D eigenvalue weighted by molar-refractivity contribution is 0.516. The fourth-order valence-electron chi connectivity index (χ4n) is 3.51. The van der Waals surface area contributed by atoms with E-state index in [9.17, 15) is 4.79 Å². The maximum absolute atomic E-state index is 12.5. The Bertz CT molecular complexity index is 927. The minimum Gasteiger partial charge on any atom is -0.324 e. The van der Waals surface area contributed by atoms with Crippen LogP contribution in [0.3, 0.4) is 0 Å². The number of fused-ring (bicyclic) bond motifs is 1. The number of para-hydroxylation sites is 1. The van der Waals surface area contributed by atoms with Crippen molar-refractivity contribution in [2.75, 3.05) is 5.32 Å². The highest BCUT2D eigenvalue weighted by Crippen LogP contribution is 2.31. The summed E-state index contributed by atoms with van der Waals surface area (Å²) in [4.78, 5) is 21.7. The Morgan fingerprint density at radius 3 is 2.54 bits per heavy atom. The molecule has 1 fully saturated rings. The van der Waals surface area contributed by atoms with E-state index in [1.165, 1.54) is 12.8 Å². The molecule has 2 heterocycles. The molecule has 0 amide bonds. The van der Waals surface area contributed by atoms with Crippen molar-refractivity contribution in [3.63, 3.8) is 0 Å². The molecule has 3 aromatic rings. The van der Waals surface area contributed by atoms with Gasteiger partial charge in [0, 0.05) is 23.2 Å². The summed E-state index contributed by atoms with van der Waals surface area (Å²) in [7, 11) is 0. The van der Waals surface area contributed by atoms with Crippen LogP contribution in [0.1, 0.15) is 37.4 Å². The van der Waals surface area contributed by atoms with Gasteiger partial charge in [-0.2, -0.15) is 4.98 Å². The highest BCUT2D eigenvalue weighted by atomic mass is 16.1. The highest BCUT2D eigenvalue weighted by Gasteiger charge is 2.21. The summed E-state index contributed by atoms with van der Waals surface area (Å²) in [5.41, 5.74) is 2.57. The van der Waals surface area contributed by atoms with Crippen molar-refractivity contribution in [2.45, 2.75) is 38.6 Å². The Hall–Kier alpha value is -2.69. The Morgan fingerprint density at radius 1 is 1.04 bits per heavy atom. The van der Waals surface area contributed by atoms with Crippen molar-refractivity contribution in [3.05, 3.63) is 58.5 Å². The van der Waals surface area contributed by atoms with Crippen molar-refractivity contribution in [1.29, 1.82) is 0 Å². The highest BCUT2D eigenvalue weighted by molar-refractivity contribution is 5.79. The third-order valence-corrected chi connectivity index (χ3v) is 4.69. The zero-order valence-electron chi connectivity index (χ0n) is 13.7. The molecule has 1 aliphatic rings. The summed E-state index contributed by atoms with van der Waals surface area (Å²) in [5.74, 6) is 0.531. The van der Waals surface area contributed by atoms with Gasteiger partial charge in [0.1, 0.15) is 5.65 Å². The monoisotopic (exact) mass is 320 g/mol. The summed E-state index contributed by atoms with van der Waals surface area (Å²) in [6.45, 7) is 1.96. The van der Waals surface area contributed by atoms with Gasteiger partial charge in [0.25, 0.3) is 5.56 Å². The molecule has 0 unspecified atom stereocenters. The summed E-state index contributed by atoms with van der Waals surface area (Å²) < 4.78 is 1.87. The number of pyridine rings is 1. The summed E-state index contributed by atoms with van der Waals surface area (Å²) in [5, 5.41) is 4.18. The number of benzene rings is 1. The van der Waals surface area contributed by atoms with Crippen molar-refractivity contribution < 1.29 is 0 Å². The standard InChI is InChI=1S/C19H20N4O/c1-13-16-11-12-17(24)23(15-9-5-6-10-15)18(16)22-19(20-13)21-14-7-3-2-4-8-14/h2-4,7-8,11-12,15H,5-6,9-10H2,1H3,(H,20,21,22). The van der Waals surface area contributed by atoms with E-state index >= 15 is 0 Å². The molecule has 5 heteroatoms. The molecule has 1 N–H and O–H groups in total. The number of hydrogen-bond donors (Lipinski definition) is 1. The second-order valence-corrected chi connectivity index (χ2v) is 6.34. The van der Waals surface area contributed by atoms with E-state index in [4.69, 9.17) is 0 Å². The average Bonchev–Trinajstić information content (AvgIpc) is 3.09. The van der Waals surface area contributed by atoms with Gasteiger partial charge < -0.3 is 5.32 Å². The maximum Gasteiger partial charge on any atom is 0.252 e. The van der Waals surface area contributed by atoms with E-state index < -0.39 is 0 Å². The van der Waals surface area contributed by atoms with E-state index in [1.807, 2.05) is 47.9 Å². The Balaban J connectivity index is 1.86. The van der Waals surface area contributed by atoms with Crippen LogP contribution in [-0.4, -0.2) is 14.5 Å². The van der Waals surface area contributed by atoms with Gasteiger partial charge in [0.15, 0.2) is 0 Å². The molecule has 1 aliphatic carbocycles. The fourth-order valence-corrected chi connectivity index (χ4v) is 3.51. The third kappa shape index (κ3) is 2.66. The van der Waals surface area contributed by atoms with Gasteiger partial charge in [0.05, 0.1) is 5.69 Å². The summed E-state index contributed by atoms with van der Waals surface area (Å²) in [6, 6.07) is 13.6. The SMILES string of the molecule is Cc1nc(Nc2ccccc2)nc2c1ccc(=O)n2C1CCCC1. The zero-order valence-corrected chi connectivity index (χ0v) is 13.7. The van der Waals surface area contributed by atoms with Crippen LogP contribution in [0, 0.1) is 6.92 Å². The molecule has 0 bridgehead atoms. The number of nitrogens with zero attached hydrogens (tertiary/aromatic N) is 3. The van der Waals surface area contributed by atoms with Crippen molar-refractivity contribution in [3.8, 4) is 0 Å². The molecule has 0 atom stereocenters. The van der Waals surface area contributed by atoms with E-state index in [-0.39, 0.29) is 11.6 Å². The van der Waals surface area contributed by atoms with Gasteiger partial charge in [-0.15, -0.1) is 0 Å². The summed E-state index contributed by atoms with van der Waals surface area (Å²) >= 11 is 0. The predicted octanol–water partition coefficient (Wildman–Crippen LogP) is 3.96. The van der Waals surface area contributed by atoms with Crippen LogP contribution >= 0.6 is 0 Å². The molecular formula is C19H20N4O. The largest absolute Gasteiger partial charge is 0.324 e. The zero-order chi connectivity index (χ0) is 16.5. The van der Waals surface area contributed by atoms with E-state index in [2.05, 4.69) is 15.3 Å². The molecule has 0 spiro atoms. The van der Waals surface area contributed by atoms with Crippen LogP contribution in [0.2, 0.25) is 0 Å². The van der Waals surface area contributed by atoms with Gasteiger partial charge in [0.2, 0.25) is 5.95 Å². The van der Waals surface area contributed by atoms with Crippen LogP contribution in [0.25, 0.3) is 11.0 Å². The lowest BCUT2D eigenvalue weighted by atomic mass is 10.2. The summed E-state index contributed by atoms with van der Waals surface area (Å²) in [6.07, 6.45) is 4.44. The van der Waals surface area contributed by atoms with E-state index in [1.54, 1.807) is 6.07 Å². The first kappa shape index (κ1) is 14.9. The Labute approximate surface area is 140 Å². The minimum absolute atomic E-state index is 0.0261. The molecular weight excluding hydrogens is 300 g/mol. The molecule has 2 aromatic heterocycles. The molecule has 24 heavy (non-hydrogen) atoms. The number of aromatic nitrogens is 3. The smallest absolute Gasteiger partial charge is 0.252 e. The normalized spacial score (nSPS) is 15.0. The van der Waals surface area contributed by atoms with Gasteiger partial charge in [-0.1, -0.05) is 31.0 Å². The molecule has 4 rings (SSSR count). The van der Waals surface area contributed by atoms with Crippen molar-refractivity contribution in [2.24, 2.45) is 0 Å². The number of nitrogens with one attached hydrogen (secondary N) is 1.